The van der Waals surface area contributed by atoms with Crippen LogP contribution in [0.15, 0.2) is 22.7 Å². The number of nitrogens with one attached hydrogen (secondary N) is 1. The molecule has 0 unspecified atom stereocenters. The van der Waals surface area contributed by atoms with Gasteiger partial charge in [0.2, 0.25) is 0 Å². The zero-order valence-electron chi connectivity index (χ0n) is 10.7. The fraction of sp³-hybridized carbons (Fsp3) is 0.154. The van der Waals surface area contributed by atoms with Crippen molar-refractivity contribution in [3.05, 3.63) is 45.1 Å². The number of halogens is 1. The van der Waals surface area contributed by atoms with Gasteiger partial charge in [0.25, 0.3) is 5.91 Å². The Morgan fingerprint density at radius 2 is 2.05 bits per heavy atom. The highest BCUT2D eigenvalue weighted by atomic mass is 79.9. The van der Waals surface area contributed by atoms with E-state index < -0.39 is 5.97 Å². The lowest BCUT2D eigenvalue weighted by atomic mass is 10.1. The number of benzene rings is 1. The molecule has 2 aromatic rings. The van der Waals surface area contributed by atoms with Gasteiger partial charge >= 0.3 is 5.97 Å². The van der Waals surface area contributed by atoms with Crippen LogP contribution in [0.4, 0.5) is 5.00 Å². The standard InChI is InChI=1S/C13H11BrN2O3S/c1-6-4-3-5-8(10(6)14)11(17)15-12-9(13(18)19)7(2)16-20-12/h3-5H,1-2H3,(H,15,17)(H,18,19). The van der Waals surface area contributed by atoms with E-state index >= 15 is 0 Å². The molecule has 20 heavy (non-hydrogen) atoms. The Bertz CT molecular complexity index is 697. The Labute approximate surface area is 127 Å². The molecule has 7 heteroatoms. The fourth-order valence-electron chi connectivity index (χ4n) is 1.70. The molecule has 0 aliphatic rings. The second-order valence-electron chi connectivity index (χ2n) is 4.17. The van der Waals surface area contributed by atoms with Crippen LogP contribution in [-0.2, 0) is 0 Å². The third-order valence-electron chi connectivity index (χ3n) is 2.74. The van der Waals surface area contributed by atoms with Crippen molar-refractivity contribution in [1.29, 1.82) is 0 Å². The quantitative estimate of drug-likeness (QED) is 0.884. The molecule has 1 heterocycles. The zero-order valence-corrected chi connectivity index (χ0v) is 13.1. The van der Waals surface area contributed by atoms with E-state index in [9.17, 15) is 9.59 Å². The largest absolute Gasteiger partial charge is 0.478 e. The van der Waals surface area contributed by atoms with Gasteiger partial charge in [-0.15, -0.1) is 0 Å². The summed E-state index contributed by atoms with van der Waals surface area (Å²) in [7, 11) is 0. The minimum absolute atomic E-state index is 0.0344. The number of hydrogen-bond acceptors (Lipinski definition) is 4. The van der Waals surface area contributed by atoms with E-state index in [0.717, 1.165) is 17.1 Å². The van der Waals surface area contributed by atoms with Gasteiger partial charge in [0, 0.05) is 4.47 Å². The number of carboxylic acids is 1. The second-order valence-corrected chi connectivity index (χ2v) is 5.73. The van der Waals surface area contributed by atoms with Gasteiger partial charge in [-0.05, 0) is 52.9 Å². The maximum Gasteiger partial charge on any atom is 0.340 e. The summed E-state index contributed by atoms with van der Waals surface area (Å²) >= 11 is 4.32. The van der Waals surface area contributed by atoms with Crippen molar-refractivity contribution >= 4 is 44.3 Å². The van der Waals surface area contributed by atoms with Crippen molar-refractivity contribution in [2.45, 2.75) is 13.8 Å². The van der Waals surface area contributed by atoms with Crippen LogP contribution >= 0.6 is 27.5 Å². The van der Waals surface area contributed by atoms with E-state index in [0.29, 0.717) is 15.7 Å². The van der Waals surface area contributed by atoms with Crippen molar-refractivity contribution < 1.29 is 14.7 Å². The first-order valence-electron chi connectivity index (χ1n) is 5.68. The first-order chi connectivity index (χ1) is 9.41. The van der Waals surface area contributed by atoms with Gasteiger partial charge in [-0.25, -0.2) is 4.79 Å². The SMILES string of the molecule is Cc1cccc(C(=O)Nc2snc(C)c2C(=O)O)c1Br. The number of nitrogens with zero attached hydrogens (tertiary/aromatic N) is 1. The molecular formula is C13H11BrN2O3S. The maximum absolute atomic E-state index is 12.2. The summed E-state index contributed by atoms with van der Waals surface area (Å²) in [5.74, 6) is -1.47. The van der Waals surface area contributed by atoms with E-state index in [4.69, 9.17) is 5.11 Å². The monoisotopic (exact) mass is 354 g/mol. The van der Waals surface area contributed by atoms with Crippen molar-refractivity contribution in [3.63, 3.8) is 0 Å². The molecule has 1 aromatic carbocycles. The molecule has 0 radical (unpaired) electrons. The summed E-state index contributed by atoms with van der Waals surface area (Å²) in [6.07, 6.45) is 0. The predicted molar refractivity (Wildman–Crippen MR) is 80.6 cm³/mol. The van der Waals surface area contributed by atoms with Gasteiger partial charge in [0.15, 0.2) is 0 Å². The number of carbonyl (C=O) groups excluding carboxylic acids is 1. The van der Waals surface area contributed by atoms with Gasteiger partial charge in [0.1, 0.15) is 10.6 Å². The molecule has 0 aliphatic heterocycles. The highest BCUT2D eigenvalue weighted by molar-refractivity contribution is 9.10. The van der Waals surface area contributed by atoms with E-state index in [1.165, 1.54) is 0 Å². The first kappa shape index (κ1) is 14.7. The summed E-state index contributed by atoms with van der Waals surface area (Å²) in [6.45, 7) is 3.47. The highest BCUT2D eigenvalue weighted by Gasteiger charge is 2.20. The Morgan fingerprint density at radius 1 is 1.35 bits per heavy atom. The molecule has 0 bridgehead atoms. The predicted octanol–water partition coefficient (Wildman–Crippen LogP) is 3.47. The van der Waals surface area contributed by atoms with Gasteiger partial charge in [-0.2, -0.15) is 4.37 Å². The average Bonchev–Trinajstić information content (AvgIpc) is 2.73. The number of aryl methyl sites for hydroxylation is 2. The number of anilines is 1. The van der Waals surface area contributed by atoms with Crippen LogP contribution in [0.25, 0.3) is 0 Å². The Morgan fingerprint density at radius 3 is 2.70 bits per heavy atom. The van der Waals surface area contributed by atoms with Crippen molar-refractivity contribution in [2.75, 3.05) is 5.32 Å². The van der Waals surface area contributed by atoms with Crippen molar-refractivity contribution in [3.8, 4) is 0 Å². The molecule has 2 N–H and O–H groups in total. The maximum atomic E-state index is 12.2. The number of carboxylic acid groups (broad SMARTS) is 1. The molecule has 2 rings (SSSR count). The molecular weight excluding hydrogens is 344 g/mol. The third kappa shape index (κ3) is 2.73. The molecule has 0 spiro atoms. The Kier molecular flexibility index (Phi) is 4.20. The summed E-state index contributed by atoms with van der Waals surface area (Å²) in [5.41, 5.74) is 1.80. The molecule has 1 aromatic heterocycles. The molecule has 5 nitrogen and oxygen atoms in total. The number of amides is 1. The number of hydrogen-bond donors (Lipinski definition) is 2. The van der Waals surface area contributed by atoms with Crippen LogP contribution in [0, 0.1) is 13.8 Å². The lowest BCUT2D eigenvalue weighted by Gasteiger charge is -2.07. The van der Waals surface area contributed by atoms with Crippen LogP contribution in [0.1, 0.15) is 32.0 Å². The van der Waals surface area contributed by atoms with Crippen LogP contribution in [-0.4, -0.2) is 21.4 Å². The van der Waals surface area contributed by atoms with Crippen molar-refractivity contribution in [2.24, 2.45) is 0 Å². The molecule has 1 amide bonds. The molecule has 0 atom stereocenters. The van der Waals surface area contributed by atoms with E-state index in [1.807, 2.05) is 13.0 Å². The molecule has 0 saturated carbocycles. The topological polar surface area (TPSA) is 79.3 Å². The molecule has 104 valence electrons. The van der Waals surface area contributed by atoms with Gasteiger partial charge in [-0.1, -0.05) is 12.1 Å². The Balaban J connectivity index is 2.33. The number of aromatic carboxylic acids is 1. The number of rotatable bonds is 3. The number of carbonyl (C=O) groups is 2. The minimum atomic E-state index is -1.10. The summed E-state index contributed by atoms with van der Waals surface area (Å²) < 4.78 is 4.65. The molecule has 0 aliphatic carbocycles. The van der Waals surface area contributed by atoms with Crippen molar-refractivity contribution in [1.82, 2.24) is 4.37 Å². The lowest BCUT2D eigenvalue weighted by molar-refractivity contribution is 0.0697. The summed E-state index contributed by atoms with van der Waals surface area (Å²) in [4.78, 5) is 23.4. The zero-order chi connectivity index (χ0) is 14.9. The normalized spacial score (nSPS) is 10.3. The van der Waals surface area contributed by atoms with Crippen LogP contribution in [0.5, 0.6) is 0 Å². The first-order valence-corrected chi connectivity index (χ1v) is 7.24. The third-order valence-corrected chi connectivity index (χ3v) is 4.65. The van der Waals surface area contributed by atoms with E-state index in [2.05, 4.69) is 25.6 Å². The van der Waals surface area contributed by atoms with Gasteiger partial charge < -0.3 is 10.4 Å². The van der Waals surface area contributed by atoms with Crippen LogP contribution < -0.4 is 5.32 Å². The minimum Gasteiger partial charge on any atom is -0.478 e. The Hall–Kier alpha value is -1.73. The number of aromatic nitrogens is 1. The molecule has 0 saturated heterocycles. The van der Waals surface area contributed by atoms with Crippen LogP contribution in [0.3, 0.4) is 0 Å². The smallest absolute Gasteiger partial charge is 0.340 e. The second kappa shape index (κ2) is 5.72. The van der Waals surface area contributed by atoms with E-state index in [-0.39, 0.29) is 16.5 Å². The highest BCUT2D eigenvalue weighted by Crippen LogP contribution is 2.27. The van der Waals surface area contributed by atoms with Gasteiger partial charge in [0.05, 0.1) is 11.3 Å². The van der Waals surface area contributed by atoms with Crippen LogP contribution in [0.2, 0.25) is 0 Å². The average molecular weight is 355 g/mol. The summed E-state index contributed by atoms with van der Waals surface area (Å²) in [5, 5.41) is 12.0. The fourth-order valence-corrected chi connectivity index (χ4v) is 2.93. The van der Waals surface area contributed by atoms with E-state index in [1.54, 1.807) is 19.1 Å². The van der Waals surface area contributed by atoms with Gasteiger partial charge in [-0.3, -0.25) is 4.79 Å². The summed E-state index contributed by atoms with van der Waals surface area (Å²) in [6, 6.07) is 5.31. The lowest BCUT2D eigenvalue weighted by Crippen LogP contribution is -2.14. The molecule has 0 fully saturated rings.